The van der Waals surface area contributed by atoms with Gasteiger partial charge in [0.05, 0.1) is 17.4 Å². The maximum atomic E-state index is 14.4. The van der Waals surface area contributed by atoms with Crippen LogP contribution in [0, 0.1) is 0 Å². The Morgan fingerprint density at radius 2 is 1.57 bits per heavy atom. The number of fused-ring (bicyclic) bond motifs is 4. The number of hydrogen-bond acceptors (Lipinski definition) is 7. The van der Waals surface area contributed by atoms with Crippen LogP contribution in [0.25, 0.3) is 0 Å². The van der Waals surface area contributed by atoms with Gasteiger partial charge in [-0.2, -0.15) is 0 Å². The SMILES string of the molecule is CS(=O)(=O)c1ccc(CN2C[C@H]3C[C@H]2C(=O)N2C[C@@H](NC(=O)c4ccccc4)C[C@H]2C(=O)NCc2ccccc2CC(=O)N3)cc1. The Morgan fingerprint density at radius 3 is 2.28 bits per heavy atom. The van der Waals surface area contributed by atoms with Gasteiger partial charge in [0.1, 0.15) is 6.04 Å². The van der Waals surface area contributed by atoms with Gasteiger partial charge in [0.25, 0.3) is 5.91 Å². The summed E-state index contributed by atoms with van der Waals surface area (Å²) in [4.78, 5) is 58.0. The topological polar surface area (TPSA) is 145 Å². The number of carbonyl (C=O) groups is 4. The van der Waals surface area contributed by atoms with Crippen LogP contribution in [0.5, 0.6) is 0 Å². The van der Waals surface area contributed by atoms with Crippen molar-refractivity contribution in [1.29, 1.82) is 0 Å². The van der Waals surface area contributed by atoms with Crippen LogP contribution in [-0.2, 0) is 43.7 Å². The van der Waals surface area contributed by atoms with E-state index in [1.807, 2.05) is 35.2 Å². The molecule has 3 aromatic rings. The lowest BCUT2D eigenvalue weighted by atomic mass is 10.0. The van der Waals surface area contributed by atoms with E-state index in [1.54, 1.807) is 53.4 Å². The molecule has 240 valence electrons. The molecule has 3 N–H and O–H groups in total. The van der Waals surface area contributed by atoms with E-state index in [0.29, 0.717) is 25.1 Å². The van der Waals surface area contributed by atoms with Gasteiger partial charge in [0, 0.05) is 50.1 Å². The fourth-order valence-corrected chi connectivity index (χ4v) is 7.28. The molecule has 2 bridgehead atoms. The molecule has 0 spiro atoms. The van der Waals surface area contributed by atoms with Gasteiger partial charge in [-0.05, 0) is 53.8 Å². The summed E-state index contributed by atoms with van der Waals surface area (Å²) in [5, 5.41) is 9.10. The second-order valence-electron chi connectivity index (χ2n) is 12.3. The standard InChI is InChI=1S/C34H37N5O6S/c1-46(44,45)28-13-11-22(12-14-28)19-38-20-26-17-30(38)34(43)39-21-27(37-32(41)23-7-3-2-4-8-23)16-29(39)33(42)35-18-25-10-6-5-9-24(25)15-31(40)36-26/h2-14,26-27,29-30H,15-21H2,1H3,(H,35,42)(H,36,40)(H,37,41)/t26-,27+,29+,30+/m1/s1. The van der Waals surface area contributed by atoms with Crippen LogP contribution in [0.15, 0.2) is 83.8 Å². The highest BCUT2D eigenvalue weighted by atomic mass is 32.2. The molecule has 4 atom stereocenters. The molecule has 11 nitrogen and oxygen atoms in total. The van der Waals surface area contributed by atoms with Crippen molar-refractivity contribution in [2.45, 2.75) is 61.4 Å². The van der Waals surface area contributed by atoms with Crippen LogP contribution in [0.1, 0.15) is 39.9 Å². The Morgan fingerprint density at radius 1 is 0.870 bits per heavy atom. The molecule has 0 aliphatic carbocycles. The van der Waals surface area contributed by atoms with Crippen molar-refractivity contribution in [2.75, 3.05) is 19.3 Å². The maximum absolute atomic E-state index is 14.4. The average molecular weight is 644 g/mol. The first-order chi connectivity index (χ1) is 22.0. The zero-order valence-electron chi connectivity index (χ0n) is 25.5. The van der Waals surface area contributed by atoms with E-state index >= 15 is 0 Å². The molecule has 2 fully saturated rings. The van der Waals surface area contributed by atoms with E-state index in [1.165, 1.54) is 0 Å². The molecule has 4 amide bonds. The smallest absolute Gasteiger partial charge is 0.251 e. The van der Waals surface area contributed by atoms with Gasteiger partial charge in [-0.15, -0.1) is 0 Å². The second kappa shape index (κ2) is 13.1. The predicted molar refractivity (Wildman–Crippen MR) is 170 cm³/mol. The molecule has 0 unspecified atom stereocenters. The van der Waals surface area contributed by atoms with Crippen molar-refractivity contribution in [3.63, 3.8) is 0 Å². The number of likely N-dealkylation sites (tertiary alicyclic amines) is 1. The summed E-state index contributed by atoms with van der Waals surface area (Å²) >= 11 is 0. The monoisotopic (exact) mass is 643 g/mol. The largest absolute Gasteiger partial charge is 0.352 e. The summed E-state index contributed by atoms with van der Waals surface area (Å²) < 4.78 is 24.0. The summed E-state index contributed by atoms with van der Waals surface area (Å²) in [6, 6.07) is 20.6. The van der Waals surface area contributed by atoms with Crippen LogP contribution in [0.4, 0.5) is 0 Å². The average Bonchev–Trinajstić information content (AvgIpc) is 3.64. The summed E-state index contributed by atoms with van der Waals surface area (Å²) in [5.41, 5.74) is 2.93. The minimum absolute atomic E-state index is 0.136. The van der Waals surface area contributed by atoms with E-state index in [2.05, 4.69) is 16.0 Å². The fraction of sp³-hybridized carbons (Fsp3) is 0.353. The number of carbonyl (C=O) groups excluding carboxylic acids is 4. The molecule has 0 saturated carbocycles. The number of nitrogens with one attached hydrogen (secondary N) is 3. The molecule has 3 aromatic carbocycles. The Labute approximate surface area is 268 Å². The van der Waals surface area contributed by atoms with Crippen molar-refractivity contribution >= 4 is 33.5 Å². The van der Waals surface area contributed by atoms with E-state index in [0.717, 1.165) is 22.9 Å². The zero-order chi connectivity index (χ0) is 32.4. The molecule has 0 radical (unpaired) electrons. The lowest BCUT2D eigenvalue weighted by molar-refractivity contribution is -0.142. The Balaban J connectivity index is 1.30. The van der Waals surface area contributed by atoms with E-state index < -0.39 is 28.0 Å². The normalized spacial score (nSPS) is 23.9. The molecule has 6 rings (SSSR count). The van der Waals surface area contributed by atoms with Crippen LogP contribution in [-0.4, -0.2) is 85.4 Å². The van der Waals surface area contributed by atoms with Crippen LogP contribution in [0.2, 0.25) is 0 Å². The molecule has 12 heteroatoms. The highest BCUT2D eigenvalue weighted by molar-refractivity contribution is 7.90. The highest BCUT2D eigenvalue weighted by Crippen LogP contribution is 2.28. The first-order valence-corrected chi connectivity index (χ1v) is 17.3. The lowest BCUT2D eigenvalue weighted by Gasteiger charge is -2.31. The van der Waals surface area contributed by atoms with E-state index in [4.69, 9.17) is 0 Å². The minimum atomic E-state index is -3.36. The van der Waals surface area contributed by atoms with E-state index in [9.17, 15) is 27.6 Å². The minimum Gasteiger partial charge on any atom is -0.352 e. The van der Waals surface area contributed by atoms with Crippen molar-refractivity contribution < 1.29 is 27.6 Å². The molecular weight excluding hydrogens is 606 g/mol. The van der Waals surface area contributed by atoms with Crippen molar-refractivity contribution in [2.24, 2.45) is 0 Å². The molecular formula is C34H37N5O6S. The van der Waals surface area contributed by atoms with Crippen LogP contribution >= 0.6 is 0 Å². The summed E-state index contributed by atoms with van der Waals surface area (Å²) in [6.45, 7) is 1.10. The number of rotatable bonds is 5. The predicted octanol–water partition coefficient (Wildman–Crippen LogP) is 1.42. The highest BCUT2D eigenvalue weighted by Gasteiger charge is 2.46. The quantitative estimate of drug-likeness (QED) is 0.382. The zero-order valence-corrected chi connectivity index (χ0v) is 26.3. The molecule has 3 aliphatic rings. The summed E-state index contributed by atoms with van der Waals surface area (Å²) in [5.74, 6) is -1.02. The third-order valence-electron chi connectivity index (χ3n) is 8.97. The molecule has 2 saturated heterocycles. The number of hydrogen-bond donors (Lipinski definition) is 3. The third-order valence-corrected chi connectivity index (χ3v) is 10.1. The Kier molecular flexibility index (Phi) is 8.92. The van der Waals surface area contributed by atoms with Gasteiger partial charge in [0.15, 0.2) is 9.84 Å². The maximum Gasteiger partial charge on any atom is 0.251 e. The van der Waals surface area contributed by atoms with Crippen molar-refractivity contribution in [3.05, 3.63) is 101 Å². The Hall–Kier alpha value is -4.55. The summed E-state index contributed by atoms with van der Waals surface area (Å²) in [6.07, 6.45) is 1.90. The van der Waals surface area contributed by atoms with Crippen LogP contribution < -0.4 is 16.0 Å². The van der Waals surface area contributed by atoms with Gasteiger partial charge in [0.2, 0.25) is 17.7 Å². The molecule has 3 heterocycles. The number of amides is 4. The van der Waals surface area contributed by atoms with Crippen LogP contribution in [0.3, 0.4) is 0 Å². The Bertz CT molecular complexity index is 1750. The molecule has 3 aliphatic heterocycles. The number of sulfone groups is 1. The van der Waals surface area contributed by atoms with Gasteiger partial charge in [-0.3, -0.25) is 24.1 Å². The lowest BCUT2D eigenvalue weighted by Crippen LogP contribution is -2.52. The number of nitrogens with zero attached hydrogens (tertiary/aromatic N) is 2. The van der Waals surface area contributed by atoms with Crippen molar-refractivity contribution in [3.8, 4) is 0 Å². The third kappa shape index (κ3) is 6.97. The van der Waals surface area contributed by atoms with Gasteiger partial charge < -0.3 is 20.9 Å². The molecule has 46 heavy (non-hydrogen) atoms. The van der Waals surface area contributed by atoms with Gasteiger partial charge in [-0.1, -0.05) is 54.6 Å². The first kappa shape index (κ1) is 31.4. The number of benzene rings is 3. The van der Waals surface area contributed by atoms with Crippen molar-refractivity contribution in [1.82, 2.24) is 25.8 Å². The van der Waals surface area contributed by atoms with Gasteiger partial charge in [-0.25, -0.2) is 8.42 Å². The van der Waals surface area contributed by atoms with E-state index in [-0.39, 0.29) is 60.5 Å². The fourth-order valence-electron chi connectivity index (χ4n) is 6.65. The first-order valence-electron chi connectivity index (χ1n) is 15.4. The molecule has 0 aromatic heterocycles. The summed E-state index contributed by atoms with van der Waals surface area (Å²) in [7, 11) is -3.36. The van der Waals surface area contributed by atoms with Gasteiger partial charge >= 0.3 is 0 Å². The second-order valence-corrected chi connectivity index (χ2v) is 14.3.